The largest absolute Gasteiger partial charge is 0.310 e. The highest BCUT2D eigenvalue weighted by atomic mass is 15.2. The average molecular weight is 793 g/mol. The fraction of sp³-hybridized carbons (Fsp3) is 0.288. The highest BCUT2D eigenvalue weighted by Crippen LogP contribution is 2.51. The van der Waals surface area contributed by atoms with Crippen molar-refractivity contribution < 1.29 is 0 Å². The van der Waals surface area contributed by atoms with Gasteiger partial charge < -0.3 is 9.80 Å². The molecule has 0 unspecified atom stereocenters. The summed E-state index contributed by atoms with van der Waals surface area (Å²) in [6.45, 7) is 11.9. The molecule has 0 fully saturated rings. The van der Waals surface area contributed by atoms with Crippen LogP contribution in [0.4, 0.5) is 34.1 Å². The van der Waals surface area contributed by atoms with E-state index >= 15 is 0 Å². The maximum Gasteiger partial charge on any atom is 0.0546 e. The van der Waals surface area contributed by atoms with Gasteiger partial charge in [-0.1, -0.05) is 100.0 Å². The Kier molecular flexibility index (Phi) is 8.22. The van der Waals surface area contributed by atoms with Crippen LogP contribution < -0.4 is 9.80 Å². The van der Waals surface area contributed by atoms with E-state index < -0.39 is 0 Å². The molecule has 0 saturated heterocycles. The molecule has 4 aliphatic carbocycles. The predicted octanol–water partition coefficient (Wildman–Crippen LogP) is 15.8. The fourth-order valence-electron chi connectivity index (χ4n) is 12.0. The molecule has 2 nitrogen and oxygen atoms in total. The smallest absolute Gasteiger partial charge is 0.0546 e. The molecule has 0 radical (unpaired) electrons. The second kappa shape index (κ2) is 13.6. The van der Waals surface area contributed by atoms with E-state index in [0.29, 0.717) is 0 Å². The second-order valence-electron chi connectivity index (χ2n) is 20.2. The molecule has 61 heavy (non-hydrogen) atoms. The van der Waals surface area contributed by atoms with Gasteiger partial charge in [-0.05, 0) is 209 Å². The van der Waals surface area contributed by atoms with Gasteiger partial charge in [0.25, 0.3) is 0 Å². The Morgan fingerprint density at radius 3 is 1.33 bits per heavy atom. The molecule has 0 spiro atoms. The summed E-state index contributed by atoms with van der Waals surface area (Å²) in [7, 11) is 0. The van der Waals surface area contributed by atoms with Crippen molar-refractivity contribution in [3.05, 3.63) is 177 Å². The predicted molar refractivity (Wildman–Crippen MR) is 260 cm³/mol. The van der Waals surface area contributed by atoms with Crippen LogP contribution in [0.3, 0.4) is 0 Å². The van der Waals surface area contributed by atoms with E-state index in [1.54, 1.807) is 0 Å². The van der Waals surface area contributed by atoms with Crippen molar-refractivity contribution in [2.75, 3.05) is 9.80 Å². The standard InChI is InChI=1S/C59H56N2/c1-37-16-23-50-51(30-37)53-36-56(60(44-19-17-38-10-8-12-40(38)31-44)46-21-24-54-42(33-46)26-28-58(54,2)3)49-15-7-6-14-48(49)52(53)35-57(50)61(45-20-18-39-11-9-13-41(39)32-45)47-22-25-55-43(34-47)27-29-59(55,4)5/h6-7,14-25,30-36H,8-13,26-29H2,1-5H3. The number of benzene rings is 8. The minimum absolute atomic E-state index is 0.208. The third-order valence-electron chi connectivity index (χ3n) is 15.4. The number of hydrogen-bond donors (Lipinski definition) is 0. The number of fused-ring (bicyclic) bond motifs is 9. The number of anilines is 6. The van der Waals surface area contributed by atoms with E-state index in [1.165, 1.54) is 155 Å². The molecule has 0 atom stereocenters. The molecule has 0 bridgehead atoms. The van der Waals surface area contributed by atoms with Crippen molar-refractivity contribution in [1.82, 2.24) is 0 Å². The summed E-state index contributed by atoms with van der Waals surface area (Å²) in [6, 6.07) is 50.7. The molecule has 302 valence electrons. The Hall–Kier alpha value is -5.86. The van der Waals surface area contributed by atoms with Gasteiger partial charge in [0, 0.05) is 33.5 Å². The zero-order valence-corrected chi connectivity index (χ0v) is 36.6. The van der Waals surface area contributed by atoms with E-state index in [-0.39, 0.29) is 10.8 Å². The Morgan fingerprint density at radius 2 is 0.787 bits per heavy atom. The van der Waals surface area contributed by atoms with Crippen LogP contribution in [-0.4, -0.2) is 0 Å². The normalized spacial score (nSPS) is 16.9. The summed E-state index contributed by atoms with van der Waals surface area (Å²) in [5, 5.41) is 7.75. The van der Waals surface area contributed by atoms with Gasteiger partial charge in [0.2, 0.25) is 0 Å². The zero-order valence-electron chi connectivity index (χ0n) is 36.6. The van der Waals surface area contributed by atoms with Crippen molar-refractivity contribution in [1.29, 1.82) is 0 Å². The first-order chi connectivity index (χ1) is 29.6. The van der Waals surface area contributed by atoms with E-state index in [0.717, 1.165) is 25.7 Å². The van der Waals surface area contributed by atoms with Crippen LogP contribution in [-0.2, 0) is 49.4 Å². The Balaban J connectivity index is 1.13. The molecule has 0 aliphatic heterocycles. The van der Waals surface area contributed by atoms with Crippen LogP contribution in [0.2, 0.25) is 0 Å². The molecule has 4 aliphatic rings. The molecule has 2 heteroatoms. The zero-order chi connectivity index (χ0) is 41.2. The Bertz CT molecular complexity index is 3130. The first-order valence-electron chi connectivity index (χ1n) is 23.1. The number of nitrogens with zero attached hydrogens (tertiary/aromatic N) is 2. The van der Waals surface area contributed by atoms with Crippen molar-refractivity contribution in [3.8, 4) is 0 Å². The SMILES string of the molecule is Cc1ccc2c(N(c3ccc4c(c3)CCC4)c3ccc4c(c3)CCC4(C)C)cc3c4ccccc4c(N(c4ccc5c(c4)CCC5)c4ccc5c(c4)CCC5(C)C)cc3c2c1. The summed E-state index contributed by atoms with van der Waals surface area (Å²) < 4.78 is 0. The van der Waals surface area contributed by atoms with E-state index in [9.17, 15) is 0 Å². The summed E-state index contributed by atoms with van der Waals surface area (Å²) in [6.07, 6.45) is 11.8. The lowest BCUT2D eigenvalue weighted by Gasteiger charge is -2.31. The first kappa shape index (κ1) is 36.9. The monoisotopic (exact) mass is 792 g/mol. The van der Waals surface area contributed by atoms with E-state index in [2.05, 4.69) is 172 Å². The summed E-state index contributed by atoms with van der Waals surface area (Å²) in [5.41, 5.74) is 21.2. The minimum Gasteiger partial charge on any atom is -0.310 e. The molecule has 0 saturated carbocycles. The quantitative estimate of drug-likeness (QED) is 0.155. The first-order valence-corrected chi connectivity index (χ1v) is 23.1. The number of hydrogen-bond acceptors (Lipinski definition) is 2. The van der Waals surface area contributed by atoms with Crippen LogP contribution in [0.25, 0.3) is 32.3 Å². The second-order valence-corrected chi connectivity index (χ2v) is 20.2. The van der Waals surface area contributed by atoms with Gasteiger partial charge in [0.1, 0.15) is 0 Å². The van der Waals surface area contributed by atoms with Gasteiger partial charge in [0.05, 0.1) is 11.4 Å². The lowest BCUT2D eigenvalue weighted by atomic mass is 9.86. The molecule has 8 aromatic rings. The molecule has 0 aromatic heterocycles. The molecular formula is C59H56N2. The average Bonchev–Trinajstić information content (AvgIpc) is 4.06. The van der Waals surface area contributed by atoms with Crippen LogP contribution >= 0.6 is 0 Å². The minimum atomic E-state index is 0.208. The summed E-state index contributed by atoms with van der Waals surface area (Å²) in [5.74, 6) is 0. The molecule has 0 N–H and O–H groups in total. The number of rotatable bonds is 6. The van der Waals surface area contributed by atoms with Gasteiger partial charge in [-0.3, -0.25) is 0 Å². The number of aryl methyl sites for hydroxylation is 7. The van der Waals surface area contributed by atoms with Gasteiger partial charge in [-0.15, -0.1) is 0 Å². The molecular weight excluding hydrogens is 737 g/mol. The van der Waals surface area contributed by atoms with Crippen molar-refractivity contribution in [2.45, 2.75) is 110 Å². The topological polar surface area (TPSA) is 6.48 Å². The highest BCUT2D eigenvalue weighted by molar-refractivity contribution is 6.24. The van der Waals surface area contributed by atoms with Crippen LogP contribution in [0, 0.1) is 6.92 Å². The third-order valence-corrected chi connectivity index (χ3v) is 15.4. The van der Waals surface area contributed by atoms with Gasteiger partial charge in [-0.2, -0.15) is 0 Å². The van der Waals surface area contributed by atoms with Crippen LogP contribution in [0.15, 0.2) is 127 Å². The fourth-order valence-corrected chi connectivity index (χ4v) is 12.0. The van der Waals surface area contributed by atoms with Crippen molar-refractivity contribution >= 4 is 66.4 Å². The van der Waals surface area contributed by atoms with E-state index in [4.69, 9.17) is 0 Å². The molecule has 8 aromatic carbocycles. The summed E-state index contributed by atoms with van der Waals surface area (Å²) in [4.78, 5) is 5.18. The maximum absolute atomic E-state index is 2.59. The maximum atomic E-state index is 2.59. The lowest BCUT2D eigenvalue weighted by Crippen LogP contribution is -2.14. The summed E-state index contributed by atoms with van der Waals surface area (Å²) >= 11 is 0. The molecule has 12 rings (SSSR count). The van der Waals surface area contributed by atoms with Crippen LogP contribution in [0.5, 0.6) is 0 Å². The van der Waals surface area contributed by atoms with Crippen molar-refractivity contribution in [3.63, 3.8) is 0 Å². The Labute approximate surface area is 361 Å². The molecule has 0 amide bonds. The lowest BCUT2D eigenvalue weighted by molar-refractivity contribution is 0.522. The van der Waals surface area contributed by atoms with Gasteiger partial charge >= 0.3 is 0 Å². The third kappa shape index (κ3) is 5.89. The van der Waals surface area contributed by atoms with Crippen LogP contribution in [0.1, 0.15) is 103 Å². The van der Waals surface area contributed by atoms with Crippen molar-refractivity contribution in [2.24, 2.45) is 0 Å². The van der Waals surface area contributed by atoms with Gasteiger partial charge in [0.15, 0.2) is 0 Å². The highest BCUT2D eigenvalue weighted by Gasteiger charge is 2.33. The van der Waals surface area contributed by atoms with E-state index in [1.807, 2.05) is 0 Å². The van der Waals surface area contributed by atoms with Gasteiger partial charge in [-0.25, -0.2) is 0 Å². The Morgan fingerprint density at radius 1 is 0.361 bits per heavy atom. The molecule has 0 heterocycles.